The monoisotopic (exact) mass is 513 g/mol. The van der Waals surface area contributed by atoms with Crippen LogP contribution in [-0.2, 0) is 18.4 Å². The first kappa shape index (κ1) is 23.2. The van der Waals surface area contributed by atoms with Crippen molar-refractivity contribution in [1.82, 2.24) is 20.1 Å². The number of amides is 1. The molecule has 6 nitrogen and oxygen atoms in total. The van der Waals surface area contributed by atoms with Gasteiger partial charge in [-0.1, -0.05) is 20.8 Å². The Hall–Kier alpha value is -0.770. The van der Waals surface area contributed by atoms with Crippen LogP contribution in [0.2, 0.25) is 0 Å². The Bertz CT molecular complexity index is 565. The highest BCUT2D eigenvalue weighted by molar-refractivity contribution is 14.0. The number of carbonyl (C=O) groups is 1. The first-order chi connectivity index (χ1) is 10.6. The summed E-state index contributed by atoms with van der Waals surface area (Å²) in [5.74, 6) is 0.851. The summed E-state index contributed by atoms with van der Waals surface area (Å²) in [7, 11) is 5.77. The molecule has 0 fully saturated rings. The Kier molecular flexibility index (Phi) is 9.94. The zero-order valence-corrected chi connectivity index (χ0v) is 19.2. The molecule has 0 aliphatic heterocycles. The zero-order valence-electron chi connectivity index (χ0n) is 15.3. The van der Waals surface area contributed by atoms with Gasteiger partial charge in [-0.3, -0.25) is 9.79 Å². The first-order valence-corrected chi connectivity index (χ1v) is 8.45. The topological polar surface area (TPSA) is 61.7 Å². The van der Waals surface area contributed by atoms with Gasteiger partial charge in [0.15, 0.2) is 5.96 Å². The van der Waals surface area contributed by atoms with Crippen molar-refractivity contribution < 1.29 is 4.79 Å². The third-order valence-electron chi connectivity index (χ3n) is 3.42. The van der Waals surface area contributed by atoms with E-state index in [-0.39, 0.29) is 35.3 Å². The predicted octanol–water partition coefficient (Wildman–Crippen LogP) is 2.58. The average molecular weight is 514 g/mol. The Morgan fingerprint density at radius 2 is 1.92 bits per heavy atom. The van der Waals surface area contributed by atoms with Crippen molar-refractivity contribution in [3.8, 4) is 0 Å². The van der Waals surface area contributed by atoms with E-state index in [2.05, 4.69) is 42.2 Å². The fourth-order valence-electron chi connectivity index (χ4n) is 2.04. The predicted molar refractivity (Wildman–Crippen MR) is 114 cm³/mol. The molecule has 0 aliphatic carbocycles. The molecule has 24 heavy (non-hydrogen) atoms. The highest BCUT2D eigenvalue weighted by Crippen LogP contribution is 2.15. The molecule has 0 aliphatic rings. The van der Waals surface area contributed by atoms with E-state index < -0.39 is 0 Å². The van der Waals surface area contributed by atoms with Crippen molar-refractivity contribution >= 4 is 51.8 Å². The highest BCUT2D eigenvalue weighted by Gasteiger charge is 2.20. The number of nitrogens with one attached hydrogen (secondary N) is 2. The normalized spacial score (nSPS) is 11.7. The van der Waals surface area contributed by atoms with Crippen LogP contribution in [0.15, 0.2) is 21.7 Å². The Morgan fingerprint density at radius 3 is 2.38 bits per heavy atom. The van der Waals surface area contributed by atoms with E-state index in [0.29, 0.717) is 13.1 Å². The molecule has 0 atom stereocenters. The molecule has 0 unspecified atom stereocenters. The fourth-order valence-corrected chi connectivity index (χ4v) is 2.61. The molecule has 0 radical (unpaired) electrons. The minimum atomic E-state index is -0.363. The van der Waals surface area contributed by atoms with E-state index in [1.165, 1.54) is 5.69 Å². The SMILES string of the molecule is CN=C(NCCNC(=O)C(C)(C)C)N(C)Cc1cc(Br)cn1C.I. The van der Waals surface area contributed by atoms with Crippen LogP contribution in [0, 0.1) is 5.41 Å². The van der Waals surface area contributed by atoms with Crippen LogP contribution in [-0.4, -0.2) is 48.5 Å². The van der Waals surface area contributed by atoms with Crippen molar-refractivity contribution in [1.29, 1.82) is 0 Å². The van der Waals surface area contributed by atoms with Gasteiger partial charge in [0, 0.05) is 56.0 Å². The average Bonchev–Trinajstić information content (AvgIpc) is 2.75. The second-order valence-electron chi connectivity index (χ2n) is 6.60. The van der Waals surface area contributed by atoms with Gasteiger partial charge in [0.1, 0.15) is 0 Å². The van der Waals surface area contributed by atoms with Gasteiger partial charge in [-0.25, -0.2) is 0 Å². The van der Waals surface area contributed by atoms with E-state index in [0.717, 1.165) is 17.0 Å². The number of rotatable bonds is 5. The minimum Gasteiger partial charge on any atom is -0.354 e. The van der Waals surface area contributed by atoms with Crippen LogP contribution in [0.1, 0.15) is 26.5 Å². The van der Waals surface area contributed by atoms with E-state index in [4.69, 9.17) is 0 Å². The van der Waals surface area contributed by atoms with Crippen LogP contribution in [0.4, 0.5) is 0 Å². The number of carbonyl (C=O) groups excluding carboxylic acids is 1. The summed E-state index contributed by atoms with van der Waals surface area (Å²) < 4.78 is 3.15. The van der Waals surface area contributed by atoms with E-state index >= 15 is 0 Å². The van der Waals surface area contributed by atoms with Gasteiger partial charge in [0.25, 0.3) is 0 Å². The smallest absolute Gasteiger partial charge is 0.225 e. The number of hydrogen-bond acceptors (Lipinski definition) is 2. The zero-order chi connectivity index (χ0) is 17.6. The lowest BCUT2D eigenvalue weighted by Gasteiger charge is -2.23. The van der Waals surface area contributed by atoms with Crippen molar-refractivity contribution in [3.05, 3.63) is 22.4 Å². The molecule has 1 aromatic rings. The molecule has 1 heterocycles. The number of aliphatic imine (C=N–C) groups is 1. The van der Waals surface area contributed by atoms with Crippen LogP contribution in [0.3, 0.4) is 0 Å². The molecule has 1 aromatic heterocycles. The summed E-state index contributed by atoms with van der Waals surface area (Å²) in [6, 6.07) is 2.09. The molecular formula is C16H29BrIN5O. The molecule has 138 valence electrons. The lowest BCUT2D eigenvalue weighted by atomic mass is 9.96. The lowest BCUT2D eigenvalue weighted by molar-refractivity contribution is -0.128. The molecule has 0 spiro atoms. The Morgan fingerprint density at radius 1 is 1.33 bits per heavy atom. The van der Waals surface area contributed by atoms with Crippen LogP contribution < -0.4 is 10.6 Å². The van der Waals surface area contributed by atoms with Crippen molar-refractivity contribution in [2.24, 2.45) is 17.5 Å². The van der Waals surface area contributed by atoms with Crippen molar-refractivity contribution in [2.45, 2.75) is 27.3 Å². The first-order valence-electron chi connectivity index (χ1n) is 7.66. The summed E-state index contributed by atoms with van der Waals surface area (Å²) in [4.78, 5) is 18.1. The van der Waals surface area contributed by atoms with Crippen LogP contribution in [0.5, 0.6) is 0 Å². The Labute approximate surface area is 170 Å². The lowest BCUT2D eigenvalue weighted by Crippen LogP contribution is -2.44. The second-order valence-corrected chi connectivity index (χ2v) is 7.51. The van der Waals surface area contributed by atoms with Crippen molar-refractivity contribution in [3.63, 3.8) is 0 Å². The number of aryl methyl sites for hydroxylation is 1. The fraction of sp³-hybridized carbons (Fsp3) is 0.625. The second kappa shape index (κ2) is 10.3. The molecule has 0 bridgehead atoms. The van der Waals surface area contributed by atoms with Gasteiger partial charge >= 0.3 is 0 Å². The summed E-state index contributed by atoms with van der Waals surface area (Å²) in [5, 5.41) is 6.18. The van der Waals surface area contributed by atoms with Gasteiger partial charge in [-0.2, -0.15) is 0 Å². The van der Waals surface area contributed by atoms with Gasteiger partial charge < -0.3 is 20.1 Å². The quantitative estimate of drug-likeness (QED) is 0.275. The van der Waals surface area contributed by atoms with E-state index in [1.807, 2.05) is 46.0 Å². The number of aromatic nitrogens is 1. The number of hydrogen-bond donors (Lipinski definition) is 2. The Balaban J connectivity index is 0.00000529. The minimum absolute atomic E-state index is 0. The van der Waals surface area contributed by atoms with E-state index in [9.17, 15) is 4.79 Å². The molecule has 1 amide bonds. The van der Waals surface area contributed by atoms with Gasteiger partial charge in [-0.15, -0.1) is 24.0 Å². The molecule has 8 heteroatoms. The van der Waals surface area contributed by atoms with Crippen LogP contribution in [0.25, 0.3) is 0 Å². The third kappa shape index (κ3) is 7.42. The van der Waals surface area contributed by atoms with Gasteiger partial charge in [-0.05, 0) is 22.0 Å². The maximum Gasteiger partial charge on any atom is 0.225 e. The van der Waals surface area contributed by atoms with Crippen LogP contribution >= 0.6 is 39.9 Å². The third-order valence-corrected chi connectivity index (χ3v) is 3.86. The maximum atomic E-state index is 11.8. The van der Waals surface area contributed by atoms with Gasteiger partial charge in [0.05, 0.1) is 6.54 Å². The molecule has 2 N–H and O–H groups in total. The molecule has 1 rings (SSSR count). The number of nitrogens with zero attached hydrogens (tertiary/aromatic N) is 3. The standard InChI is InChI=1S/C16H28BrN5O.HI/c1-16(2,3)14(23)19-7-8-20-15(18-4)22(6)11-13-9-12(17)10-21(13)5;/h9-10H,7-8,11H2,1-6H3,(H,18,20)(H,19,23);1H. The summed E-state index contributed by atoms with van der Waals surface area (Å²) >= 11 is 3.48. The molecule has 0 aromatic carbocycles. The summed E-state index contributed by atoms with van der Waals surface area (Å²) in [6.07, 6.45) is 2.03. The van der Waals surface area contributed by atoms with Crippen molar-refractivity contribution in [2.75, 3.05) is 27.2 Å². The molecule has 0 saturated heterocycles. The van der Waals surface area contributed by atoms with E-state index in [1.54, 1.807) is 7.05 Å². The molecule has 0 saturated carbocycles. The highest BCUT2D eigenvalue weighted by atomic mass is 127. The maximum absolute atomic E-state index is 11.8. The molecular weight excluding hydrogens is 485 g/mol. The van der Waals surface area contributed by atoms with Gasteiger partial charge in [0.2, 0.25) is 5.91 Å². The largest absolute Gasteiger partial charge is 0.354 e. The summed E-state index contributed by atoms with van der Waals surface area (Å²) in [5.41, 5.74) is 0.821. The number of halogens is 2. The summed E-state index contributed by atoms with van der Waals surface area (Å²) in [6.45, 7) is 7.66. The number of guanidine groups is 1.